The molecule has 0 saturated carbocycles. The standard InChI is InChI=1S/C22H16FN3OS/c1-26-9-7-13-10-14(2-4-18(13)26)21-12-17-22(28-21)20(6-8-25-17)27-19-5-3-15(24)11-16(19)23/h2-12H,24H2,1H3. The van der Waals surface area contributed by atoms with Crippen LogP contribution >= 0.6 is 11.3 Å². The molecule has 0 fully saturated rings. The summed E-state index contributed by atoms with van der Waals surface area (Å²) in [5, 5.41) is 1.19. The number of nitrogens with two attached hydrogens (primary N) is 1. The Morgan fingerprint density at radius 2 is 1.93 bits per heavy atom. The predicted molar refractivity (Wildman–Crippen MR) is 112 cm³/mol. The number of hydrogen-bond acceptors (Lipinski definition) is 4. The van der Waals surface area contributed by atoms with Crippen molar-refractivity contribution in [3.63, 3.8) is 0 Å². The molecule has 3 aromatic heterocycles. The van der Waals surface area contributed by atoms with Gasteiger partial charge in [-0.2, -0.15) is 0 Å². The Morgan fingerprint density at radius 3 is 2.79 bits per heavy atom. The molecule has 0 bridgehead atoms. The monoisotopic (exact) mass is 389 g/mol. The van der Waals surface area contributed by atoms with Crippen LogP contribution in [0.15, 0.2) is 67.0 Å². The second-order valence-electron chi connectivity index (χ2n) is 6.63. The van der Waals surface area contributed by atoms with Gasteiger partial charge in [-0.15, -0.1) is 11.3 Å². The normalized spacial score (nSPS) is 11.4. The molecule has 0 aliphatic rings. The Kier molecular flexibility index (Phi) is 3.80. The number of anilines is 1. The Labute approximate surface area is 164 Å². The molecular formula is C22H16FN3OS. The fourth-order valence-electron chi connectivity index (χ4n) is 3.29. The number of fused-ring (bicyclic) bond motifs is 2. The molecule has 0 aliphatic heterocycles. The van der Waals surface area contributed by atoms with Crippen molar-refractivity contribution in [2.75, 3.05) is 5.73 Å². The third kappa shape index (κ3) is 2.78. The molecule has 0 amide bonds. The van der Waals surface area contributed by atoms with E-state index in [4.69, 9.17) is 10.5 Å². The van der Waals surface area contributed by atoms with Crippen LogP contribution in [0.5, 0.6) is 11.5 Å². The molecule has 138 valence electrons. The van der Waals surface area contributed by atoms with E-state index in [1.807, 2.05) is 19.3 Å². The molecule has 0 aliphatic carbocycles. The van der Waals surface area contributed by atoms with Crippen molar-refractivity contribution in [2.24, 2.45) is 7.05 Å². The van der Waals surface area contributed by atoms with Gasteiger partial charge in [-0.1, -0.05) is 6.07 Å². The summed E-state index contributed by atoms with van der Waals surface area (Å²) in [7, 11) is 2.03. The van der Waals surface area contributed by atoms with Gasteiger partial charge >= 0.3 is 0 Å². The fourth-order valence-corrected chi connectivity index (χ4v) is 4.35. The highest BCUT2D eigenvalue weighted by Crippen LogP contribution is 2.40. The second kappa shape index (κ2) is 6.35. The number of halogens is 1. The lowest BCUT2D eigenvalue weighted by atomic mass is 10.1. The fraction of sp³-hybridized carbons (Fsp3) is 0.0455. The molecule has 0 unspecified atom stereocenters. The van der Waals surface area contributed by atoms with E-state index in [0.717, 1.165) is 20.7 Å². The highest BCUT2D eigenvalue weighted by atomic mass is 32.1. The quantitative estimate of drug-likeness (QED) is 0.387. The molecule has 28 heavy (non-hydrogen) atoms. The van der Waals surface area contributed by atoms with E-state index in [2.05, 4.69) is 33.8 Å². The van der Waals surface area contributed by atoms with Crippen LogP contribution in [-0.4, -0.2) is 9.55 Å². The third-order valence-electron chi connectivity index (χ3n) is 4.72. The van der Waals surface area contributed by atoms with Gasteiger partial charge in [-0.05, 0) is 42.0 Å². The maximum atomic E-state index is 14.1. The lowest BCUT2D eigenvalue weighted by Gasteiger charge is -2.07. The van der Waals surface area contributed by atoms with Gasteiger partial charge in [-0.3, -0.25) is 4.98 Å². The first-order valence-corrected chi connectivity index (χ1v) is 9.57. The number of nitrogens with zero attached hydrogens (tertiary/aromatic N) is 2. The van der Waals surface area contributed by atoms with E-state index in [-0.39, 0.29) is 5.75 Å². The molecule has 0 saturated heterocycles. The first-order valence-electron chi connectivity index (χ1n) is 8.75. The largest absolute Gasteiger partial charge is 0.453 e. The van der Waals surface area contributed by atoms with Crippen LogP contribution in [0.3, 0.4) is 0 Å². The number of aryl methyl sites for hydroxylation is 1. The maximum absolute atomic E-state index is 14.1. The first kappa shape index (κ1) is 16.8. The van der Waals surface area contributed by atoms with E-state index in [9.17, 15) is 4.39 Å². The summed E-state index contributed by atoms with van der Waals surface area (Å²) in [5.41, 5.74) is 9.10. The van der Waals surface area contributed by atoms with Crippen molar-refractivity contribution in [2.45, 2.75) is 0 Å². The van der Waals surface area contributed by atoms with Gasteiger partial charge in [0.15, 0.2) is 11.6 Å². The molecule has 2 aromatic carbocycles. The highest BCUT2D eigenvalue weighted by molar-refractivity contribution is 7.22. The minimum atomic E-state index is -0.490. The Bertz CT molecular complexity index is 1340. The molecule has 0 atom stereocenters. The second-order valence-corrected chi connectivity index (χ2v) is 7.68. The Morgan fingerprint density at radius 1 is 1.04 bits per heavy atom. The zero-order valence-electron chi connectivity index (χ0n) is 15.0. The smallest absolute Gasteiger partial charge is 0.167 e. The zero-order chi connectivity index (χ0) is 19.3. The van der Waals surface area contributed by atoms with E-state index < -0.39 is 5.82 Å². The van der Waals surface area contributed by atoms with E-state index >= 15 is 0 Å². The number of pyridine rings is 1. The molecule has 0 spiro atoms. The SMILES string of the molecule is Cn1ccc2cc(-c3cc4nccc(Oc5ccc(N)cc5F)c4s3)ccc21. The summed E-state index contributed by atoms with van der Waals surface area (Å²) < 4.78 is 22.9. The molecule has 0 radical (unpaired) electrons. The molecular weight excluding hydrogens is 373 g/mol. The number of nitrogen functional groups attached to an aromatic ring is 1. The van der Waals surface area contributed by atoms with Gasteiger partial charge in [0.05, 0.1) is 10.2 Å². The summed E-state index contributed by atoms with van der Waals surface area (Å²) >= 11 is 1.58. The van der Waals surface area contributed by atoms with Gasteiger partial charge in [0, 0.05) is 53.0 Å². The first-order chi connectivity index (χ1) is 13.6. The molecule has 6 heteroatoms. The number of aromatic nitrogens is 2. The van der Waals surface area contributed by atoms with Gasteiger partial charge in [0.1, 0.15) is 5.75 Å². The Balaban J connectivity index is 1.58. The summed E-state index contributed by atoms with van der Waals surface area (Å²) in [6.07, 6.45) is 3.72. The zero-order valence-corrected chi connectivity index (χ0v) is 15.8. The summed E-state index contributed by atoms with van der Waals surface area (Å²) in [4.78, 5) is 5.53. The summed E-state index contributed by atoms with van der Waals surface area (Å²) in [5.74, 6) is 0.226. The average Bonchev–Trinajstić information content (AvgIpc) is 3.28. The average molecular weight is 389 g/mol. The predicted octanol–water partition coefficient (Wildman–Crippen LogP) is 5.97. The number of hydrogen-bond donors (Lipinski definition) is 1. The van der Waals surface area contributed by atoms with Crippen LogP contribution in [0.25, 0.3) is 31.6 Å². The molecule has 4 nitrogen and oxygen atoms in total. The van der Waals surface area contributed by atoms with Gasteiger partial charge in [0.2, 0.25) is 0 Å². The van der Waals surface area contributed by atoms with Gasteiger partial charge < -0.3 is 15.0 Å². The van der Waals surface area contributed by atoms with Crippen molar-refractivity contribution >= 4 is 38.1 Å². The van der Waals surface area contributed by atoms with Crippen molar-refractivity contribution in [3.05, 3.63) is 72.8 Å². The molecule has 2 N–H and O–H groups in total. The minimum Gasteiger partial charge on any atom is -0.453 e. The van der Waals surface area contributed by atoms with Gasteiger partial charge in [-0.25, -0.2) is 4.39 Å². The van der Waals surface area contributed by atoms with Crippen LogP contribution in [0.4, 0.5) is 10.1 Å². The van der Waals surface area contributed by atoms with Crippen LogP contribution in [0, 0.1) is 5.82 Å². The van der Waals surface area contributed by atoms with E-state index in [0.29, 0.717) is 11.4 Å². The molecule has 5 aromatic rings. The molecule has 5 rings (SSSR count). The minimum absolute atomic E-state index is 0.141. The van der Waals surface area contributed by atoms with Crippen molar-refractivity contribution < 1.29 is 9.13 Å². The summed E-state index contributed by atoms with van der Waals surface area (Å²) in [6, 6.07) is 16.7. The number of benzene rings is 2. The highest BCUT2D eigenvalue weighted by Gasteiger charge is 2.13. The van der Waals surface area contributed by atoms with E-state index in [1.54, 1.807) is 29.7 Å². The summed E-state index contributed by atoms with van der Waals surface area (Å²) in [6.45, 7) is 0. The topological polar surface area (TPSA) is 53.1 Å². The van der Waals surface area contributed by atoms with Gasteiger partial charge in [0.25, 0.3) is 0 Å². The van der Waals surface area contributed by atoms with Crippen molar-refractivity contribution in [3.8, 4) is 21.9 Å². The van der Waals surface area contributed by atoms with Crippen molar-refractivity contribution in [1.29, 1.82) is 0 Å². The van der Waals surface area contributed by atoms with Crippen molar-refractivity contribution in [1.82, 2.24) is 9.55 Å². The lowest BCUT2D eigenvalue weighted by Crippen LogP contribution is -1.91. The lowest BCUT2D eigenvalue weighted by molar-refractivity contribution is 0.447. The Hall–Kier alpha value is -3.38. The van der Waals surface area contributed by atoms with Crippen LogP contribution in [0.1, 0.15) is 0 Å². The number of ether oxygens (including phenoxy) is 1. The van der Waals surface area contributed by atoms with E-state index in [1.165, 1.54) is 23.0 Å². The number of thiophene rings is 1. The van der Waals surface area contributed by atoms with Crippen LogP contribution in [0.2, 0.25) is 0 Å². The number of rotatable bonds is 3. The van der Waals surface area contributed by atoms with Crippen LogP contribution in [-0.2, 0) is 7.05 Å². The van der Waals surface area contributed by atoms with Crippen LogP contribution < -0.4 is 10.5 Å². The maximum Gasteiger partial charge on any atom is 0.167 e. The third-order valence-corrected chi connectivity index (χ3v) is 5.91. The molecule has 3 heterocycles.